The second-order valence-corrected chi connectivity index (χ2v) is 14.3. The van der Waals surface area contributed by atoms with E-state index < -0.39 is 27.1 Å². The average molecular weight is 417 g/mol. The maximum atomic E-state index is 6.32. The molecule has 0 unspecified atom stereocenters. The lowest BCUT2D eigenvalue weighted by Gasteiger charge is -2.30. The van der Waals surface area contributed by atoms with Crippen molar-refractivity contribution in [1.82, 2.24) is 0 Å². The molecule has 9 heteroatoms. The van der Waals surface area contributed by atoms with Gasteiger partial charge in [0.1, 0.15) is 0 Å². The van der Waals surface area contributed by atoms with E-state index in [2.05, 4.69) is 21.0 Å². The molecule has 0 aliphatic heterocycles. The summed E-state index contributed by atoms with van der Waals surface area (Å²) in [6.07, 6.45) is 0. The average Bonchev–Trinajstić information content (AvgIpc) is 2.59. The molecule has 4 nitrogen and oxygen atoms in total. The Morgan fingerprint density at radius 3 is 1.40 bits per heavy atom. The fourth-order valence-electron chi connectivity index (χ4n) is 2.33. The largest absolute Gasteiger partial charge is 0.432 e. The van der Waals surface area contributed by atoms with E-state index in [9.17, 15) is 0 Å². The molecule has 2 rings (SSSR count). The molecule has 0 aromatic heterocycles. The van der Waals surface area contributed by atoms with Gasteiger partial charge in [-0.25, -0.2) is 0 Å². The minimum Gasteiger partial charge on any atom is -0.432 e. The molecule has 0 heterocycles. The first-order valence-electron chi connectivity index (χ1n) is 7.79. The van der Waals surface area contributed by atoms with Crippen LogP contribution in [0.2, 0.25) is 13.1 Å². The maximum absolute atomic E-state index is 6.32. The Morgan fingerprint density at radius 1 is 0.720 bits per heavy atom. The first-order valence-corrected chi connectivity index (χ1v) is 14.1. The predicted molar refractivity (Wildman–Crippen MR) is 106 cm³/mol. The summed E-state index contributed by atoms with van der Waals surface area (Å²) >= 11 is 0. The van der Waals surface area contributed by atoms with Crippen molar-refractivity contribution in [2.75, 3.05) is 0 Å². The van der Waals surface area contributed by atoms with Gasteiger partial charge in [0.25, 0.3) is 0 Å². The van der Waals surface area contributed by atoms with Crippen LogP contribution in [0.15, 0.2) is 48.5 Å². The summed E-state index contributed by atoms with van der Waals surface area (Å²) in [6, 6.07) is 16.1. The van der Waals surface area contributed by atoms with Crippen molar-refractivity contribution >= 4 is 58.5 Å². The lowest BCUT2D eigenvalue weighted by Crippen LogP contribution is -2.54. The minimum atomic E-state index is -2.50. The third kappa shape index (κ3) is 5.67. The van der Waals surface area contributed by atoms with Crippen LogP contribution in [0, 0.1) is 13.8 Å². The summed E-state index contributed by atoms with van der Waals surface area (Å²) in [5, 5.41) is 2.13. The summed E-state index contributed by atoms with van der Waals surface area (Å²) in [5.74, 6) is 0. The molecule has 0 amide bonds. The van der Waals surface area contributed by atoms with Crippen molar-refractivity contribution in [3.63, 3.8) is 0 Å². The highest BCUT2D eigenvalue weighted by atomic mass is 28.5. The topological polar surface area (TPSA) is 36.9 Å². The van der Waals surface area contributed by atoms with Crippen LogP contribution in [-0.2, 0) is 16.5 Å². The Morgan fingerprint density at radius 2 is 1.08 bits per heavy atom. The highest BCUT2D eigenvalue weighted by molar-refractivity contribution is 6.83. The quantitative estimate of drug-likeness (QED) is 0.609. The van der Waals surface area contributed by atoms with Crippen molar-refractivity contribution < 1.29 is 16.5 Å². The molecular weight excluding hydrogens is 397 g/mol. The van der Waals surface area contributed by atoms with E-state index in [4.69, 9.17) is 16.5 Å². The highest BCUT2D eigenvalue weighted by Crippen LogP contribution is 2.13. The van der Waals surface area contributed by atoms with Crippen molar-refractivity contribution in [3.05, 3.63) is 59.7 Å². The fourth-order valence-corrected chi connectivity index (χ4v) is 10.6. The van der Waals surface area contributed by atoms with Gasteiger partial charge in [-0.3, -0.25) is 0 Å². The number of hydrogen-bond donors (Lipinski definition) is 0. The molecular formula is C16H20O4Si5. The van der Waals surface area contributed by atoms with E-state index in [1.807, 2.05) is 75.5 Å². The molecule has 0 bridgehead atoms. The van der Waals surface area contributed by atoms with Gasteiger partial charge in [-0.05, 0) is 48.4 Å². The zero-order valence-electron chi connectivity index (χ0n) is 14.8. The molecule has 0 fully saturated rings. The van der Waals surface area contributed by atoms with Crippen LogP contribution in [-0.4, -0.2) is 48.1 Å². The van der Waals surface area contributed by atoms with Gasteiger partial charge in [0, 0.05) is 0 Å². The van der Waals surface area contributed by atoms with Crippen molar-refractivity contribution in [2.45, 2.75) is 26.9 Å². The van der Waals surface area contributed by atoms with Crippen molar-refractivity contribution in [2.24, 2.45) is 0 Å². The smallest absolute Gasteiger partial charge is 0.403 e. The van der Waals surface area contributed by atoms with E-state index in [1.54, 1.807) is 0 Å². The zero-order valence-corrected chi connectivity index (χ0v) is 19.8. The van der Waals surface area contributed by atoms with Crippen LogP contribution >= 0.6 is 0 Å². The van der Waals surface area contributed by atoms with Gasteiger partial charge in [0.05, 0.1) is 0 Å². The zero-order chi connectivity index (χ0) is 18.4. The van der Waals surface area contributed by atoms with Gasteiger partial charge < -0.3 is 16.5 Å². The van der Waals surface area contributed by atoms with E-state index in [0.29, 0.717) is 0 Å². The summed E-state index contributed by atoms with van der Waals surface area (Å²) in [5.41, 5.74) is 2.28. The summed E-state index contributed by atoms with van der Waals surface area (Å²) < 4.78 is 23.6. The van der Waals surface area contributed by atoms with Crippen LogP contribution in [0.5, 0.6) is 0 Å². The summed E-state index contributed by atoms with van der Waals surface area (Å²) in [7, 11) is 0.473. The minimum absolute atomic E-state index is 1.07. The Kier molecular flexibility index (Phi) is 7.73. The van der Waals surface area contributed by atoms with Crippen LogP contribution in [0.1, 0.15) is 11.1 Å². The van der Waals surface area contributed by atoms with E-state index in [0.717, 1.165) is 21.5 Å². The second-order valence-electron chi connectivity index (χ2n) is 6.01. The van der Waals surface area contributed by atoms with Gasteiger partial charge >= 0.3 is 27.1 Å². The highest BCUT2D eigenvalue weighted by Gasteiger charge is 2.37. The van der Waals surface area contributed by atoms with Crippen molar-refractivity contribution in [1.29, 1.82) is 0 Å². The molecule has 8 radical (unpaired) electrons. The van der Waals surface area contributed by atoms with Crippen LogP contribution in [0.4, 0.5) is 0 Å². The SMILES string of the molecule is Cc1ccccc1[Si](O[Si])O[Si](C)(C)O[Si](O[Si])c1ccccc1C. The Labute approximate surface area is 161 Å². The summed E-state index contributed by atoms with van der Waals surface area (Å²) in [6.45, 7) is 8.12. The monoisotopic (exact) mass is 416 g/mol. The number of hydrogen-bond acceptors (Lipinski definition) is 4. The van der Waals surface area contributed by atoms with Gasteiger partial charge in [-0.2, -0.15) is 0 Å². The Balaban J connectivity index is 2.16. The second kappa shape index (κ2) is 9.34. The molecule has 0 atom stereocenters. The molecule has 2 aromatic carbocycles. The summed E-state index contributed by atoms with van der Waals surface area (Å²) in [4.78, 5) is 0. The molecule has 0 saturated carbocycles. The third-order valence-electron chi connectivity index (χ3n) is 3.59. The number of benzene rings is 2. The molecule has 25 heavy (non-hydrogen) atoms. The molecule has 0 aliphatic rings. The van der Waals surface area contributed by atoms with Crippen LogP contribution in [0.25, 0.3) is 0 Å². The molecule has 0 aliphatic carbocycles. The lowest BCUT2D eigenvalue weighted by atomic mass is 10.2. The van der Waals surface area contributed by atoms with Crippen LogP contribution < -0.4 is 10.4 Å². The molecule has 2 aromatic rings. The van der Waals surface area contributed by atoms with E-state index in [1.165, 1.54) is 0 Å². The van der Waals surface area contributed by atoms with E-state index >= 15 is 0 Å². The normalized spacial score (nSPS) is 12.2. The standard InChI is InChI=1S/C16H20O4Si5/c1-13-9-5-7-11-15(13)23(17-21)19-25(3,4)20-24(18-22)16-12-8-6-10-14(16)2/h5-12H,1-4H3. The first kappa shape index (κ1) is 20.7. The van der Waals surface area contributed by atoms with Crippen LogP contribution in [0.3, 0.4) is 0 Å². The van der Waals surface area contributed by atoms with Gasteiger partial charge in [0.2, 0.25) is 21.0 Å². The Bertz CT molecular complexity index is 640. The molecule has 0 N–H and O–H groups in total. The van der Waals surface area contributed by atoms with E-state index in [-0.39, 0.29) is 0 Å². The van der Waals surface area contributed by atoms with Gasteiger partial charge in [-0.15, -0.1) is 0 Å². The molecule has 128 valence electrons. The molecule has 0 spiro atoms. The molecule has 0 saturated heterocycles. The predicted octanol–water partition coefficient (Wildman–Crippen LogP) is 1.33. The third-order valence-corrected chi connectivity index (χ3v) is 12.5. The fraction of sp³-hybridized carbons (Fsp3) is 0.250. The van der Waals surface area contributed by atoms with Gasteiger partial charge in [-0.1, -0.05) is 48.5 Å². The lowest BCUT2D eigenvalue weighted by molar-refractivity contribution is 0.346. The van der Waals surface area contributed by atoms with Gasteiger partial charge in [0.15, 0.2) is 0 Å². The Hall–Kier alpha value is -0.636. The maximum Gasteiger partial charge on any atom is 0.403 e. The van der Waals surface area contributed by atoms with Crippen molar-refractivity contribution in [3.8, 4) is 0 Å². The first-order chi connectivity index (χ1) is 11.9. The number of rotatable bonds is 8. The number of aryl methyl sites for hydroxylation is 2.